The van der Waals surface area contributed by atoms with Gasteiger partial charge >= 0.3 is 5.97 Å². The minimum Gasteiger partial charge on any atom is -0.462 e. The summed E-state index contributed by atoms with van der Waals surface area (Å²) < 4.78 is 4.98. The van der Waals surface area contributed by atoms with Crippen LogP contribution >= 0.6 is 0 Å². The SMILES string of the molecule is CCOC(=O)c1ccc(Nc2ccc(NC(=O)Cc3ccc(C)cc3)cc2)cc1. The quantitative estimate of drug-likeness (QED) is 0.553. The molecule has 0 radical (unpaired) electrons. The van der Waals surface area contributed by atoms with Crippen LogP contribution in [0.1, 0.15) is 28.4 Å². The molecule has 1 amide bonds. The number of hydrogen-bond acceptors (Lipinski definition) is 4. The number of ether oxygens (including phenoxy) is 1. The van der Waals surface area contributed by atoms with E-state index >= 15 is 0 Å². The molecule has 0 aromatic heterocycles. The van der Waals surface area contributed by atoms with Crippen molar-refractivity contribution in [3.8, 4) is 0 Å². The summed E-state index contributed by atoms with van der Waals surface area (Å²) in [7, 11) is 0. The highest BCUT2D eigenvalue weighted by atomic mass is 16.5. The summed E-state index contributed by atoms with van der Waals surface area (Å²) in [5, 5.41) is 6.17. The van der Waals surface area contributed by atoms with Crippen LogP contribution in [0.2, 0.25) is 0 Å². The summed E-state index contributed by atoms with van der Waals surface area (Å²) in [5.41, 5.74) is 5.15. The first-order valence-electron chi connectivity index (χ1n) is 9.53. The molecular formula is C24H24N2O3. The van der Waals surface area contributed by atoms with E-state index in [-0.39, 0.29) is 11.9 Å². The van der Waals surface area contributed by atoms with Crippen molar-refractivity contribution in [3.63, 3.8) is 0 Å². The minimum absolute atomic E-state index is 0.0517. The van der Waals surface area contributed by atoms with Gasteiger partial charge in [-0.1, -0.05) is 29.8 Å². The third-order valence-electron chi connectivity index (χ3n) is 4.34. The molecule has 5 heteroatoms. The normalized spacial score (nSPS) is 10.3. The fourth-order valence-electron chi connectivity index (χ4n) is 2.80. The van der Waals surface area contributed by atoms with E-state index in [1.54, 1.807) is 19.1 Å². The van der Waals surface area contributed by atoms with Gasteiger partial charge in [0.15, 0.2) is 0 Å². The Hall–Kier alpha value is -3.60. The molecule has 29 heavy (non-hydrogen) atoms. The Morgan fingerprint density at radius 2 is 1.34 bits per heavy atom. The lowest BCUT2D eigenvalue weighted by Crippen LogP contribution is -2.14. The van der Waals surface area contributed by atoms with Crippen LogP contribution in [-0.2, 0) is 16.0 Å². The van der Waals surface area contributed by atoms with Crippen molar-refractivity contribution in [2.75, 3.05) is 17.2 Å². The number of benzene rings is 3. The summed E-state index contributed by atoms with van der Waals surface area (Å²) in [6.45, 7) is 4.16. The number of rotatable bonds is 7. The van der Waals surface area contributed by atoms with Crippen molar-refractivity contribution in [2.45, 2.75) is 20.3 Å². The van der Waals surface area contributed by atoms with Crippen LogP contribution in [0.15, 0.2) is 72.8 Å². The van der Waals surface area contributed by atoms with Gasteiger partial charge in [-0.25, -0.2) is 4.79 Å². The summed E-state index contributed by atoms with van der Waals surface area (Å²) in [6.07, 6.45) is 0.340. The zero-order chi connectivity index (χ0) is 20.6. The Labute approximate surface area is 170 Å². The lowest BCUT2D eigenvalue weighted by Gasteiger charge is -2.10. The van der Waals surface area contributed by atoms with Gasteiger partial charge in [-0.2, -0.15) is 0 Å². The van der Waals surface area contributed by atoms with E-state index in [1.807, 2.05) is 67.6 Å². The molecule has 0 bridgehead atoms. The van der Waals surface area contributed by atoms with Crippen LogP contribution < -0.4 is 10.6 Å². The molecule has 3 rings (SSSR count). The Kier molecular flexibility index (Phi) is 6.63. The average molecular weight is 388 g/mol. The summed E-state index contributed by atoms with van der Waals surface area (Å²) >= 11 is 0. The van der Waals surface area contributed by atoms with Crippen molar-refractivity contribution in [1.29, 1.82) is 0 Å². The molecule has 0 aliphatic carbocycles. The van der Waals surface area contributed by atoms with Crippen molar-refractivity contribution in [3.05, 3.63) is 89.5 Å². The second-order valence-electron chi connectivity index (χ2n) is 6.71. The van der Waals surface area contributed by atoms with Gasteiger partial charge < -0.3 is 15.4 Å². The summed E-state index contributed by atoms with van der Waals surface area (Å²) in [6, 6.07) is 22.5. The maximum atomic E-state index is 12.2. The topological polar surface area (TPSA) is 67.4 Å². The molecule has 0 fully saturated rings. The van der Waals surface area contributed by atoms with E-state index in [2.05, 4.69) is 10.6 Å². The molecule has 148 valence electrons. The van der Waals surface area contributed by atoms with Crippen molar-refractivity contribution < 1.29 is 14.3 Å². The molecule has 0 unspecified atom stereocenters. The number of amides is 1. The van der Waals surface area contributed by atoms with E-state index in [1.165, 1.54) is 5.56 Å². The maximum Gasteiger partial charge on any atom is 0.338 e. The van der Waals surface area contributed by atoms with Gasteiger partial charge in [-0.3, -0.25) is 4.79 Å². The van der Waals surface area contributed by atoms with E-state index in [0.717, 1.165) is 22.6 Å². The first kappa shape index (κ1) is 20.1. The van der Waals surface area contributed by atoms with Crippen LogP contribution in [-0.4, -0.2) is 18.5 Å². The molecule has 0 aliphatic rings. The summed E-state index contributed by atoms with van der Waals surface area (Å²) in [4.78, 5) is 23.9. The zero-order valence-electron chi connectivity index (χ0n) is 16.6. The Balaban J connectivity index is 1.55. The van der Waals surface area contributed by atoms with Crippen molar-refractivity contribution in [1.82, 2.24) is 0 Å². The number of esters is 1. The van der Waals surface area contributed by atoms with Crippen LogP contribution in [0.5, 0.6) is 0 Å². The van der Waals surface area contributed by atoms with E-state index < -0.39 is 0 Å². The third-order valence-corrected chi connectivity index (χ3v) is 4.34. The molecule has 0 saturated carbocycles. The van der Waals surface area contributed by atoms with Crippen LogP contribution in [0.3, 0.4) is 0 Å². The van der Waals surface area contributed by atoms with Gasteiger partial charge in [0.05, 0.1) is 18.6 Å². The van der Waals surface area contributed by atoms with Gasteiger partial charge in [-0.15, -0.1) is 0 Å². The fraction of sp³-hybridized carbons (Fsp3) is 0.167. The van der Waals surface area contributed by atoms with Gasteiger partial charge in [0.25, 0.3) is 0 Å². The van der Waals surface area contributed by atoms with Crippen molar-refractivity contribution >= 4 is 28.9 Å². The third kappa shape index (κ3) is 5.94. The van der Waals surface area contributed by atoms with E-state index in [9.17, 15) is 9.59 Å². The molecule has 0 atom stereocenters. The molecule has 0 saturated heterocycles. The number of nitrogens with one attached hydrogen (secondary N) is 2. The standard InChI is InChI=1S/C24H24N2O3/c1-3-29-24(28)19-8-10-20(11-9-19)25-21-12-14-22(15-13-21)26-23(27)16-18-6-4-17(2)5-7-18/h4-15,25H,3,16H2,1-2H3,(H,26,27). The van der Waals surface area contributed by atoms with Crippen molar-refractivity contribution in [2.24, 2.45) is 0 Å². The molecule has 0 heterocycles. The second-order valence-corrected chi connectivity index (χ2v) is 6.71. The number of aryl methyl sites for hydroxylation is 1. The van der Waals surface area contributed by atoms with Gasteiger partial charge in [0, 0.05) is 17.1 Å². The smallest absolute Gasteiger partial charge is 0.338 e. The number of hydrogen-bond donors (Lipinski definition) is 2. The van der Waals surface area contributed by atoms with Gasteiger partial charge in [0.1, 0.15) is 0 Å². The minimum atomic E-state index is -0.329. The molecule has 0 aliphatic heterocycles. The fourth-order valence-corrected chi connectivity index (χ4v) is 2.80. The molecule has 3 aromatic carbocycles. The van der Waals surface area contributed by atoms with E-state index in [4.69, 9.17) is 4.74 Å². The monoisotopic (exact) mass is 388 g/mol. The first-order chi connectivity index (χ1) is 14.0. The average Bonchev–Trinajstić information content (AvgIpc) is 2.72. The predicted octanol–water partition coefficient (Wildman–Crippen LogP) is 5.10. The maximum absolute atomic E-state index is 12.2. The van der Waals surface area contributed by atoms with E-state index in [0.29, 0.717) is 18.6 Å². The Morgan fingerprint density at radius 1 is 0.793 bits per heavy atom. The van der Waals surface area contributed by atoms with Crippen LogP contribution in [0, 0.1) is 6.92 Å². The molecule has 3 aromatic rings. The van der Waals surface area contributed by atoms with Crippen LogP contribution in [0.25, 0.3) is 0 Å². The van der Waals surface area contributed by atoms with Crippen LogP contribution in [0.4, 0.5) is 17.1 Å². The highest BCUT2D eigenvalue weighted by molar-refractivity contribution is 5.92. The zero-order valence-corrected chi connectivity index (χ0v) is 16.6. The molecular weight excluding hydrogens is 364 g/mol. The molecule has 2 N–H and O–H groups in total. The first-order valence-corrected chi connectivity index (χ1v) is 9.53. The highest BCUT2D eigenvalue weighted by Gasteiger charge is 2.06. The number of carbonyl (C=O) groups excluding carboxylic acids is 2. The number of carbonyl (C=O) groups is 2. The second kappa shape index (κ2) is 9.55. The van der Waals surface area contributed by atoms with Gasteiger partial charge in [0.2, 0.25) is 5.91 Å². The molecule has 0 spiro atoms. The summed E-state index contributed by atoms with van der Waals surface area (Å²) in [5.74, 6) is -0.381. The lowest BCUT2D eigenvalue weighted by atomic mass is 10.1. The van der Waals surface area contributed by atoms with Gasteiger partial charge in [-0.05, 0) is 67.9 Å². The highest BCUT2D eigenvalue weighted by Crippen LogP contribution is 2.20. The Morgan fingerprint density at radius 3 is 1.93 bits per heavy atom. The Bertz CT molecular complexity index is 963. The number of anilines is 3. The lowest BCUT2D eigenvalue weighted by molar-refractivity contribution is -0.115. The largest absolute Gasteiger partial charge is 0.462 e. The predicted molar refractivity (Wildman–Crippen MR) is 116 cm³/mol. The molecule has 5 nitrogen and oxygen atoms in total.